The smallest absolute Gasteiger partial charge is 0.230 e. The van der Waals surface area contributed by atoms with Crippen molar-refractivity contribution in [2.75, 3.05) is 44.8 Å². The van der Waals surface area contributed by atoms with E-state index >= 15 is 0 Å². The summed E-state index contributed by atoms with van der Waals surface area (Å²) in [6, 6.07) is 12.5. The van der Waals surface area contributed by atoms with Crippen molar-refractivity contribution in [3.63, 3.8) is 0 Å². The van der Waals surface area contributed by atoms with Gasteiger partial charge in [-0.15, -0.1) is 5.10 Å². The monoisotopic (exact) mass is 497 g/mol. The Morgan fingerprint density at radius 2 is 1.89 bits per heavy atom. The number of aromatic nitrogens is 3. The summed E-state index contributed by atoms with van der Waals surface area (Å²) >= 11 is 1.42. The highest BCUT2D eigenvalue weighted by molar-refractivity contribution is 7.17. The van der Waals surface area contributed by atoms with Gasteiger partial charge >= 0.3 is 0 Å². The molecule has 2 aromatic heterocycles. The molecule has 1 fully saturated rings. The zero-order valence-corrected chi connectivity index (χ0v) is 20.8. The summed E-state index contributed by atoms with van der Waals surface area (Å²) in [5.74, 6) is 1.78. The van der Waals surface area contributed by atoms with Crippen molar-refractivity contribution in [3.05, 3.63) is 64.5 Å². The molecule has 0 saturated carbocycles. The van der Waals surface area contributed by atoms with Crippen LogP contribution in [-0.4, -0.2) is 64.5 Å². The quantitative estimate of drug-likeness (QED) is 0.409. The number of fused-ring (bicyclic) bond motifs is 1. The molecule has 10 heteroatoms. The minimum atomic E-state index is -0.254. The lowest BCUT2D eigenvalue weighted by molar-refractivity contribution is 0.210. The number of aryl methyl sites for hydroxylation is 1. The number of thiazole rings is 1. The summed E-state index contributed by atoms with van der Waals surface area (Å²) in [6.45, 7) is 6.94. The minimum Gasteiger partial charge on any atom is -0.493 e. The van der Waals surface area contributed by atoms with Crippen LogP contribution in [0.4, 0.5) is 10.1 Å². The van der Waals surface area contributed by atoms with E-state index in [1.54, 1.807) is 20.1 Å². The molecule has 3 heterocycles. The molecule has 1 N–H and O–H groups in total. The number of para-hydroxylation sites is 1. The van der Waals surface area contributed by atoms with Gasteiger partial charge in [0.1, 0.15) is 11.6 Å². The van der Waals surface area contributed by atoms with Crippen molar-refractivity contribution in [1.29, 1.82) is 0 Å². The van der Waals surface area contributed by atoms with Gasteiger partial charge in [-0.3, -0.25) is 4.90 Å². The van der Waals surface area contributed by atoms with E-state index in [0.717, 1.165) is 10.4 Å². The van der Waals surface area contributed by atoms with Crippen molar-refractivity contribution in [2.45, 2.75) is 19.9 Å². The van der Waals surface area contributed by atoms with E-state index in [4.69, 9.17) is 9.47 Å². The van der Waals surface area contributed by atoms with Gasteiger partial charge in [-0.05, 0) is 43.7 Å². The van der Waals surface area contributed by atoms with Crippen LogP contribution in [0.2, 0.25) is 0 Å². The van der Waals surface area contributed by atoms with Crippen molar-refractivity contribution in [1.82, 2.24) is 19.5 Å². The fourth-order valence-electron chi connectivity index (χ4n) is 4.61. The van der Waals surface area contributed by atoms with E-state index in [9.17, 15) is 9.50 Å². The first-order valence-electron chi connectivity index (χ1n) is 11.6. The SMILES string of the molecule is CCOc1ccc([C@H](c2sc3nc(C)nn3c2O)N2CCN(c3ccccc3F)CC2)cc1OC. The highest BCUT2D eigenvalue weighted by atomic mass is 32.1. The first kappa shape index (κ1) is 23.4. The molecule has 1 aliphatic heterocycles. The van der Waals surface area contributed by atoms with Crippen molar-refractivity contribution >= 4 is 22.0 Å². The van der Waals surface area contributed by atoms with Gasteiger partial charge in [-0.25, -0.2) is 9.37 Å². The van der Waals surface area contributed by atoms with Crippen LogP contribution in [-0.2, 0) is 0 Å². The van der Waals surface area contributed by atoms with Gasteiger partial charge in [0.2, 0.25) is 10.8 Å². The Hall–Kier alpha value is -3.37. The molecule has 1 atom stereocenters. The van der Waals surface area contributed by atoms with Crippen LogP contribution in [0.1, 0.15) is 29.2 Å². The lowest BCUT2D eigenvalue weighted by Gasteiger charge is -2.40. The maximum absolute atomic E-state index is 14.4. The van der Waals surface area contributed by atoms with Crippen LogP contribution < -0.4 is 14.4 Å². The van der Waals surface area contributed by atoms with Gasteiger partial charge in [0.25, 0.3) is 0 Å². The third-order valence-corrected chi connectivity index (χ3v) is 7.30. The van der Waals surface area contributed by atoms with Gasteiger partial charge in [0.05, 0.1) is 30.3 Å². The Bertz CT molecular complexity index is 1330. The average molecular weight is 498 g/mol. The van der Waals surface area contributed by atoms with Gasteiger partial charge in [-0.1, -0.05) is 29.5 Å². The zero-order chi connectivity index (χ0) is 24.5. The van der Waals surface area contributed by atoms with Crippen molar-refractivity contribution in [3.8, 4) is 17.4 Å². The molecule has 1 aliphatic rings. The number of hydrogen-bond acceptors (Lipinski definition) is 8. The summed E-state index contributed by atoms with van der Waals surface area (Å²) in [5.41, 5.74) is 1.57. The van der Waals surface area contributed by atoms with Gasteiger partial charge < -0.3 is 19.5 Å². The molecule has 0 radical (unpaired) electrons. The van der Waals surface area contributed by atoms with Crippen LogP contribution in [0.25, 0.3) is 4.96 Å². The van der Waals surface area contributed by atoms with Crippen LogP contribution in [0.15, 0.2) is 42.5 Å². The van der Waals surface area contributed by atoms with Crippen LogP contribution in [0, 0.1) is 12.7 Å². The number of benzene rings is 2. The molecule has 0 bridgehead atoms. The van der Waals surface area contributed by atoms with E-state index in [0.29, 0.717) is 60.8 Å². The number of hydrogen-bond donors (Lipinski definition) is 1. The average Bonchev–Trinajstić information content (AvgIpc) is 3.37. The van der Waals surface area contributed by atoms with Crippen molar-refractivity contribution in [2.24, 2.45) is 0 Å². The number of piperazine rings is 1. The number of methoxy groups -OCH3 is 1. The van der Waals surface area contributed by atoms with E-state index < -0.39 is 0 Å². The molecule has 0 aliphatic carbocycles. The Labute approximate surface area is 207 Å². The zero-order valence-electron chi connectivity index (χ0n) is 19.9. The Balaban J connectivity index is 1.51. The van der Waals surface area contributed by atoms with Crippen molar-refractivity contribution < 1.29 is 19.0 Å². The Kier molecular flexibility index (Phi) is 6.48. The number of nitrogens with zero attached hydrogens (tertiary/aromatic N) is 5. The maximum Gasteiger partial charge on any atom is 0.230 e. The molecule has 0 spiro atoms. The first-order chi connectivity index (χ1) is 17.0. The normalized spacial score (nSPS) is 15.5. The molecule has 0 unspecified atom stereocenters. The standard InChI is InChI=1S/C25H28FN5O3S/c1-4-34-20-10-9-17(15-21(20)33-3)22(23-24(32)31-25(35-23)27-16(2)28-31)30-13-11-29(12-14-30)19-8-6-5-7-18(19)26/h5-10,15,22,32H,4,11-14H2,1-3H3/t22-/m1/s1. The summed E-state index contributed by atoms with van der Waals surface area (Å²) in [6.07, 6.45) is 0. The van der Waals surface area contributed by atoms with E-state index in [1.807, 2.05) is 37.3 Å². The molecule has 0 amide bonds. The summed E-state index contributed by atoms with van der Waals surface area (Å²) < 4.78 is 27.2. The fourth-order valence-corrected chi connectivity index (χ4v) is 5.78. The maximum atomic E-state index is 14.4. The lowest BCUT2D eigenvalue weighted by atomic mass is 10.0. The van der Waals surface area contributed by atoms with Crippen LogP contribution in [0.5, 0.6) is 17.4 Å². The molecular weight excluding hydrogens is 469 g/mol. The fraction of sp³-hybridized carbons (Fsp3) is 0.360. The third kappa shape index (κ3) is 4.39. The second kappa shape index (κ2) is 9.71. The summed E-state index contributed by atoms with van der Waals surface area (Å²) in [7, 11) is 1.62. The molecule has 4 aromatic rings. The Morgan fingerprint density at radius 3 is 2.57 bits per heavy atom. The van der Waals surface area contributed by atoms with Gasteiger partial charge in [0.15, 0.2) is 11.5 Å². The summed E-state index contributed by atoms with van der Waals surface area (Å²) in [5, 5.41) is 15.5. The highest BCUT2D eigenvalue weighted by Crippen LogP contribution is 2.42. The Morgan fingerprint density at radius 1 is 1.11 bits per heavy atom. The van der Waals surface area contributed by atoms with E-state index in [1.165, 1.54) is 21.9 Å². The number of anilines is 1. The molecule has 5 rings (SSSR count). The number of ether oxygens (including phenoxy) is 2. The van der Waals surface area contributed by atoms with Crippen LogP contribution in [0.3, 0.4) is 0 Å². The predicted octanol–water partition coefficient (Wildman–Crippen LogP) is 4.26. The third-order valence-electron chi connectivity index (χ3n) is 6.23. The molecule has 1 saturated heterocycles. The second-order valence-electron chi connectivity index (χ2n) is 8.36. The molecule has 184 valence electrons. The second-order valence-corrected chi connectivity index (χ2v) is 9.37. The van der Waals surface area contributed by atoms with Gasteiger partial charge in [-0.2, -0.15) is 4.52 Å². The number of rotatable bonds is 7. The topological polar surface area (TPSA) is 75.4 Å². The lowest BCUT2D eigenvalue weighted by Crippen LogP contribution is -2.48. The first-order valence-corrected chi connectivity index (χ1v) is 12.4. The highest BCUT2D eigenvalue weighted by Gasteiger charge is 2.32. The molecule has 2 aromatic carbocycles. The minimum absolute atomic E-state index is 0.0833. The largest absolute Gasteiger partial charge is 0.493 e. The van der Waals surface area contributed by atoms with E-state index in [2.05, 4.69) is 19.9 Å². The molecule has 8 nitrogen and oxygen atoms in total. The van der Waals surface area contributed by atoms with Gasteiger partial charge in [0, 0.05) is 26.2 Å². The summed E-state index contributed by atoms with van der Waals surface area (Å²) in [4.78, 5) is 10.2. The predicted molar refractivity (Wildman–Crippen MR) is 133 cm³/mol. The van der Waals surface area contributed by atoms with E-state index in [-0.39, 0.29) is 17.7 Å². The number of halogens is 1. The molecular formula is C25H28FN5O3S. The number of aromatic hydroxyl groups is 1. The van der Waals surface area contributed by atoms with Crippen LogP contribution >= 0.6 is 11.3 Å². The molecule has 35 heavy (non-hydrogen) atoms.